The van der Waals surface area contributed by atoms with Crippen LogP contribution in [-0.2, 0) is 41.8 Å². The summed E-state index contributed by atoms with van der Waals surface area (Å²) >= 11 is 0. The zero-order valence-electron chi connectivity index (χ0n) is 31.7. The van der Waals surface area contributed by atoms with E-state index < -0.39 is 35.6 Å². The number of nitrogen functional groups attached to an aromatic ring is 2. The number of allylic oxidation sites excluding steroid dienone is 1. The Kier molecular flexibility index (Phi) is 10.7. The van der Waals surface area contributed by atoms with E-state index in [1.807, 2.05) is 32.0 Å². The van der Waals surface area contributed by atoms with Crippen LogP contribution in [0.25, 0.3) is 11.0 Å². The number of carbonyl (C=O) groups excluding carboxylic acids is 1. The van der Waals surface area contributed by atoms with Crippen LogP contribution in [-0.4, -0.2) is 56.1 Å². The Morgan fingerprint density at radius 1 is 1.09 bits per heavy atom. The lowest BCUT2D eigenvalue weighted by atomic mass is 9.71. The Hall–Kier alpha value is -5.92. The first-order chi connectivity index (χ1) is 26.9. The van der Waals surface area contributed by atoms with Crippen molar-refractivity contribution in [2.45, 2.75) is 77.1 Å². The van der Waals surface area contributed by atoms with Crippen molar-refractivity contribution >= 4 is 28.6 Å². The van der Waals surface area contributed by atoms with Gasteiger partial charge in [0.05, 0.1) is 0 Å². The van der Waals surface area contributed by atoms with Gasteiger partial charge in [-0.15, -0.1) is 0 Å². The van der Waals surface area contributed by atoms with E-state index in [4.69, 9.17) is 25.4 Å². The third-order valence-electron chi connectivity index (χ3n) is 11.3. The topological polar surface area (TPSA) is 216 Å². The van der Waals surface area contributed by atoms with Gasteiger partial charge in [-0.1, -0.05) is 31.2 Å². The summed E-state index contributed by atoms with van der Waals surface area (Å²) in [5, 5.41) is 36.0. The minimum absolute atomic E-state index is 0.000517. The third kappa shape index (κ3) is 7.15. The fourth-order valence-corrected chi connectivity index (χ4v) is 8.28. The largest absolute Gasteiger partial charge is 0.508 e. The van der Waals surface area contributed by atoms with Crippen LogP contribution in [0.5, 0.6) is 17.2 Å². The molecule has 5 aromatic rings. The predicted octanol–water partition coefficient (Wildman–Crippen LogP) is 4.99. The maximum absolute atomic E-state index is 14.0. The van der Waals surface area contributed by atoms with Gasteiger partial charge in [0.2, 0.25) is 0 Å². The summed E-state index contributed by atoms with van der Waals surface area (Å²) in [7, 11) is 0. The summed E-state index contributed by atoms with van der Waals surface area (Å²) in [5.41, 5.74) is 15.3. The Labute approximate surface area is 324 Å². The second-order valence-electron chi connectivity index (χ2n) is 14.7. The lowest BCUT2D eigenvalue weighted by Crippen LogP contribution is -2.57. The molecule has 7 rings (SSSR count). The number of likely N-dealkylation sites (N-methyl/N-ethyl adjacent to an activating group) is 1. The van der Waals surface area contributed by atoms with E-state index in [-0.39, 0.29) is 51.9 Å². The first kappa shape index (κ1) is 38.4. The maximum atomic E-state index is 14.0. The van der Waals surface area contributed by atoms with E-state index in [9.17, 15) is 24.9 Å². The summed E-state index contributed by atoms with van der Waals surface area (Å²) in [5.74, 6) is -0.822. The molecular formula is C43H47N5O8. The van der Waals surface area contributed by atoms with Crippen molar-refractivity contribution in [3.63, 3.8) is 0 Å². The summed E-state index contributed by atoms with van der Waals surface area (Å²) in [6.07, 6.45) is 5.81. The van der Waals surface area contributed by atoms with E-state index in [2.05, 4.69) is 15.3 Å². The number of hydrogen-bond donors (Lipinski definition) is 6. The smallest absolute Gasteiger partial charge is 0.335 e. The fourth-order valence-electron chi connectivity index (χ4n) is 8.28. The van der Waals surface area contributed by atoms with Gasteiger partial charge in [0, 0.05) is 60.0 Å². The number of nitrogens with two attached hydrogens (primary N) is 2. The van der Waals surface area contributed by atoms with E-state index >= 15 is 0 Å². The van der Waals surface area contributed by atoms with E-state index in [1.54, 1.807) is 49.7 Å². The van der Waals surface area contributed by atoms with Crippen molar-refractivity contribution in [2.75, 3.05) is 24.6 Å². The molecule has 292 valence electrons. The van der Waals surface area contributed by atoms with Gasteiger partial charge in [-0.2, -0.15) is 0 Å². The highest BCUT2D eigenvalue weighted by Crippen LogP contribution is 2.53. The van der Waals surface area contributed by atoms with Crippen molar-refractivity contribution in [3.05, 3.63) is 122 Å². The second kappa shape index (κ2) is 15.7. The molecule has 13 heteroatoms. The summed E-state index contributed by atoms with van der Waals surface area (Å²) in [4.78, 5) is 36.7. The van der Waals surface area contributed by atoms with Gasteiger partial charge in [-0.25, -0.2) is 14.8 Å². The normalized spacial score (nSPS) is 20.6. The highest BCUT2D eigenvalue weighted by Gasteiger charge is 2.52. The Balaban J connectivity index is 1.54. The standard InChI is InChI=1S/C43H47N5O8/c1-4-25(21-46-5-2)42(53)55-34-19-32-38(52)37-33(51)18-28(22-49)54-40(37)36-31(17-23-7-6-8-27(50)16-23)29-13-14-47-41(45)30(29)11-10-26(43(34,3)56-39(32)36)15-24-9-12-35(44)48-20-24/h4,6-9,12-14,16,18,20,26,31,34,46,49-50,52H,5,10-11,15,17,19,21-22H2,1-3H3,(H2,44,48)(H2,45,47). The molecule has 2 aliphatic rings. The molecule has 5 heterocycles. The molecule has 0 spiro atoms. The average molecular weight is 762 g/mol. The van der Waals surface area contributed by atoms with Gasteiger partial charge in [0.25, 0.3) is 0 Å². The third-order valence-corrected chi connectivity index (χ3v) is 11.3. The number of phenols is 2. The number of rotatable bonds is 10. The first-order valence-electron chi connectivity index (χ1n) is 18.9. The van der Waals surface area contributed by atoms with Gasteiger partial charge in [-0.3, -0.25) is 4.79 Å². The molecule has 0 aliphatic carbocycles. The number of ether oxygens (including phenoxy) is 2. The number of aliphatic hydroxyl groups is 1. The molecule has 4 unspecified atom stereocenters. The molecule has 3 aromatic heterocycles. The van der Waals surface area contributed by atoms with Gasteiger partial charge in [-0.05, 0) is 92.6 Å². The molecule has 2 bridgehead atoms. The van der Waals surface area contributed by atoms with Crippen molar-refractivity contribution in [1.29, 1.82) is 0 Å². The number of aliphatic hydroxyl groups excluding tert-OH is 1. The number of aromatic nitrogens is 2. The highest BCUT2D eigenvalue weighted by molar-refractivity contribution is 5.92. The number of nitrogens with zero attached hydrogens (tertiary/aromatic N) is 2. The van der Waals surface area contributed by atoms with E-state index in [0.717, 1.165) is 28.3 Å². The van der Waals surface area contributed by atoms with Crippen molar-refractivity contribution in [3.8, 4) is 17.2 Å². The van der Waals surface area contributed by atoms with Crippen LogP contribution in [0.2, 0.25) is 0 Å². The Morgan fingerprint density at radius 3 is 2.62 bits per heavy atom. The number of aromatic hydroxyl groups is 2. The molecule has 2 aromatic carbocycles. The number of pyridine rings is 2. The molecule has 0 fully saturated rings. The van der Waals surface area contributed by atoms with Crippen molar-refractivity contribution in [1.82, 2.24) is 15.3 Å². The molecule has 0 saturated carbocycles. The minimum Gasteiger partial charge on any atom is -0.508 e. The molecule has 8 N–H and O–H groups in total. The van der Waals surface area contributed by atoms with Crippen LogP contribution in [0.1, 0.15) is 72.3 Å². The fraction of sp³-hybridized carbons (Fsp3) is 0.349. The number of esters is 1. The van der Waals surface area contributed by atoms with Gasteiger partial charge in [0.1, 0.15) is 63.9 Å². The SMILES string of the molecule is CC=C(CNCC)C(=O)OC1Cc2c3c(c4oc(CO)cc(=O)c4c2O)C(Cc2cccc(O)c2)c2ccnc(N)c2CCC(Cc2ccc(N)nc2)C1(C)O3. The number of nitrogens with one attached hydrogen (secondary N) is 1. The highest BCUT2D eigenvalue weighted by atomic mass is 16.6. The number of hydrogen-bond acceptors (Lipinski definition) is 13. The second-order valence-corrected chi connectivity index (χ2v) is 14.7. The molecule has 4 atom stereocenters. The van der Waals surface area contributed by atoms with E-state index in [0.29, 0.717) is 61.5 Å². The molecule has 0 radical (unpaired) electrons. The first-order valence-corrected chi connectivity index (χ1v) is 18.9. The predicted molar refractivity (Wildman–Crippen MR) is 211 cm³/mol. The van der Waals surface area contributed by atoms with Crippen LogP contribution < -0.4 is 26.9 Å². The van der Waals surface area contributed by atoms with Gasteiger partial charge >= 0.3 is 5.97 Å². The summed E-state index contributed by atoms with van der Waals surface area (Å²) < 4.78 is 20.1. The van der Waals surface area contributed by atoms with Crippen molar-refractivity contribution in [2.24, 2.45) is 5.92 Å². The van der Waals surface area contributed by atoms with Crippen LogP contribution in [0, 0.1) is 5.92 Å². The molecule has 0 saturated heterocycles. The zero-order valence-corrected chi connectivity index (χ0v) is 31.7. The van der Waals surface area contributed by atoms with Crippen LogP contribution in [0.15, 0.2) is 81.8 Å². The summed E-state index contributed by atoms with van der Waals surface area (Å²) in [6, 6.07) is 13.6. The van der Waals surface area contributed by atoms with Crippen molar-refractivity contribution < 1.29 is 34.0 Å². The Morgan fingerprint density at radius 2 is 1.91 bits per heavy atom. The van der Waals surface area contributed by atoms with Gasteiger partial charge < -0.3 is 46.0 Å². The average Bonchev–Trinajstić information content (AvgIpc) is 3.17. The molecule has 0 amide bonds. The molecule has 13 nitrogen and oxygen atoms in total. The van der Waals surface area contributed by atoms with E-state index in [1.165, 1.54) is 0 Å². The lowest BCUT2D eigenvalue weighted by Gasteiger charge is -2.48. The molecule has 56 heavy (non-hydrogen) atoms. The van der Waals surface area contributed by atoms with Crippen LogP contribution in [0.3, 0.4) is 0 Å². The number of fused-ring (bicyclic) bond motifs is 4. The summed E-state index contributed by atoms with van der Waals surface area (Å²) in [6.45, 7) is 6.00. The molecular weight excluding hydrogens is 714 g/mol. The molecule has 2 aliphatic heterocycles. The zero-order chi connectivity index (χ0) is 39.7. The number of anilines is 2. The number of benzene rings is 2. The minimum atomic E-state index is -1.24. The van der Waals surface area contributed by atoms with Crippen LogP contribution >= 0.6 is 0 Å². The van der Waals surface area contributed by atoms with Gasteiger partial charge in [0.15, 0.2) is 5.43 Å². The van der Waals surface area contributed by atoms with Crippen LogP contribution in [0.4, 0.5) is 11.6 Å². The maximum Gasteiger partial charge on any atom is 0.335 e. The number of phenolic OH excluding ortho intramolecular Hbond substituents is 2. The monoisotopic (exact) mass is 761 g/mol. The number of carbonyl (C=O) groups is 1. The quantitative estimate of drug-likeness (QED) is 0.0818. The Bertz CT molecular complexity index is 2380. The lowest BCUT2D eigenvalue weighted by molar-refractivity contribution is -0.165.